The number of pyridine rings is 1. The number of halogens is 2. The minimum absolute atomic E-state index is 0. The molecule has 0 N–H and O–H groups in total. The third-order valence-electron chi connectivity index (χ3n) is 1.37. The maximum absolute atomic E-state index is 11.1. The quantitative estimate of drug-likeness (QED) is 0.620. The van der Waals surface area contributed by atoms with E-state index < -0.39 is 0 Å². The molecule has 0 aliphatic rings. The van der Waals surface area contributed by atoms with Crippen molar-refractivity contribution in [2.75, 3.05) is 0 Å². The molecule has 0 radical (unpaired) electrons. The summed E-state index contributed by atoms with van der Waals surface area (Å²) in [5.74, 6) is 0.146. The van der Waals surface area contributed by atoms with Crippen LogP contribution in [0.25, 0.3) is 0 Å². The van der Waals surface area contributed by atoms with Crippen LogP contribution in [0.4, 0.5) is 0 Å². The van der Waals surface area contributed by atoms with Gasteiger partial charge in [0.1, 0.15) is 4.60 Å². The zero-order valence-electron chi connectivity index (χ0n) is 6.58. The molecule has 0 saturated carbocycles. The van der Waals surface area contributed by atoms with Crippen molar-refractivity contribution in [1.82, 2.24) is 4.98 Å². The number of nitrogens with zero attached hydrogens (tertiary/aromatic N) is 1. The molecule has 0 bridgehead atoms. The van der Waals surface area contributed by atoms with E-state index in [1.54, 1.807) is 18.3 Å². The molecule has 1 aromatic rings. The molecule has 1 aromatic heterocycles. The Morgan fingerprint density at radius 3 is 2.83 bits per heavy atom. The van der Waals surface area contributed by atoms with E-state index >= 15 is 0 Å². The highest BCUT2D eigenvalue weighted by Gasteiger charge is 2.01. The number of hydrogen-bond donors (Lipinski definition) is 0. The third-order valence-corrected chi connectivity index (χ3v) is 1.80. The van der Waals surface area contributed by atoms with Gasteiger partial charge in [-0.25, -0.2) is 4.98 Å². The highest BCUT2D eigenvalue weighted by molar-refractivity contribution is 9.10. The Kier molecular flexibility index (Phi) is 5.33. The lowest BCUT2D eigenvalue weighted by molar-refractivity contribution is 0.0988. The Labute approximate surface area is 90.3 Å². The largest absolute Gasteiger partial charge is 0.294 e. The minimum Gasteiger partial charge on any atom is -0.294 e. The molecular formula is C8H9Br2NO. The molecule has 4 heteroatoms. The van der Waals surface area contributed by atoms with Crippen molar-refractivity contribution in [2.45, 2.75) is 13.3 Å². The average Bonchev–Trinajstić information content (AvgIpc) is 2.03. The van der Waals surface area contributed by atoms with Crippen molar-refractivity contribution in [3.63, 3.8) is 0 Å². The summed E-state index contributed by atoms with van der Waals surface area (Å²) in [4.78, 5) is 15.0. The van der Waals surface area contributed by atoms with Crippen LogP contribution in [0.5, 0.6) is 0 Å². The topological polar surface area (TPSA) is 30.0 Å². The fourth-order valence-electron chi connectivity index (χ4n) is 0.780. The summed E-state index contributed by atoms with van der Waals surface area (Å²) >= 11 is 3.20. The van der Waals surface area contributed by atoms with Gasteiger partial charge in [0.15, 0.2) is 5.78 Å². The van der Waals surface area contributed by atoms with Crippen LogP contribution < -0.4 is 0 Å². The summed E-state index contributed by atoms with van der Waals surface area (Å²) in [6.07, 6.45) is 2.16. The first-order chi connectivity index (χ1) is 5.24. The summed E-state index contributed by atoms with van der Waals surface area (Å²) in [7, 11) is 0. The second kappa shape index (κ2) is 5.43. The molecule has 0 saturated heterocycles. The van der Waals surface area contributed by atoms with Gasteiger partial charge in [0, 0.05) is 18.2 Å². The van der Waals surface area contributed by atoms with Gasteiger partial charge in [0.2, 0.25) is 0 Å². The molecule has 2 nitrogen and oxygen atoms in total. The Morgan fingerprint density at radius 2 is 2.33 bits per heavy atom. The minimum atomic E-state index is 0. The zero-order valence-corrected chi connectivity index (χ0v) is 9.88. The fraction of sp³-hybridized carbons (Fsp3) is 0.250. The second-order valence-corrected chi connectivity index (χ2v) is 2.96. The standard InChI is InChI=1S/C8H8BrNO.BrH/c1-2-7(11)6-3-4-10-8(9)5-6;/h3-5H,2H2,1H3;1H. The lowest BCUT2D eigenvalue weighted by Crippen LogP contribution is -1.96. The molecule has 66 valence electrons. The van der Waals surface area contributed by atoms with E-state index in [1.165, 1.54) is 0 Å². The first-order valence-electron chi connectivity index (χ1n) is 3.38. The smallest absolute Gasteiger partial charge is 0.162 e. The molecule has 0 amide bonds. The van der Waals surface area contributed by atoms with Crippen LogP contribution in [0.1, 0.15) is 23.7 Å². The van der Waals surface area contributed by atoms with E-state index in [0.717, 1.165) is 5.56 Å². The van der Waals surface area contributed by atoms with E-state index in [-0.39, 0.29) is 22.8 Å². The second-order valence-electron chi connectivity index (χ2n) is 2.14. The third kappa shape index (κ3) is 3.03. The summed E-state index contributed by atoms with van der Waals surface area (Å²) < 4.78 is 0.705. The van der Waals surface area contributed by atoms with Gasteiger partial charge in [-0.3, -0.25) is 4.79 Å². The molecule has 0 aliphatic heterocycles. The summed E-state index contributed by atoms with van der Waals surface area (Å²) in [5, 5.41) is 0. The molecule has 0 aliphatic carbocycles. The molecular weight excluding hydrogens is 286 g/mol. The monoisotopic (exact) mass is 293 g/mol. The van der Waals surface area contributed by atoms with Gasteiger partial charge in [-0.1, -0.05) is 6.92 Å². The maximum atomic E-state index is 11.1. The summed E-state index contributed by atoms with van der Waals surface area (Å²) in [6, 6.07) is 3.45. The van der Waals surface area contributed by atoms with E-state index in [9.17, 15) is 4.79 Å². The lowest BCUT2D eigenvalue weighted by atomic mass is 10.1. The van der Waals surface area contributed by atoms with Gasteiger partial charge in [-0.2, -0.15) is 0 Å². The lowest BCUT2D eigenvalue weighted by Gasteiger charge is -1.95. The van der Waals surface area contributed by atoms with Gasteiger partial charge < -0.3 is 0 Å². The van der Waals surface area contributed by atoms with Crippen LogP contribution in [-0.4, -0.2) is 10.8 Å². The van der Waals surface area contributed by atoms with Crippen LogP contribution in [0.3, 0.4) is 0 Å². The zero-order chi connectivity index (χ0) is 8.27. The van der Waals surface area contributed by atoms with Crippen LogP contribution >= 0.6 is 32.9 Å². The molecule has 1 rings (SSSR count). The van der Waals surface area contributed by atoms with Crippen molar-refractivity contribution in [3.8, 4) is 0 Å². The Bertz CT molecular complexity index is 276. The molecule has 0 unspecified atom stereocenters. The Balaban J connectivity index is 0.00000121. The van der Waals surface area contributed by atoms with Gasteiger partial charge in [-0.15, -0.1) is 17.0 Å². The maximum Gasteiger partial charge on any atom is 0.162 e. The van der Waals surface area contributed by atoms with E-state index in [1.807, 2.05) is 6.92 Å². The number of rotatable bonds is 2. The van der Waals surface area contributed by atoms with Gasteiger partial charge in [0.25, 0.3) is 0 Å². The van der Waals surface area contributed by atoms with Crippen molar-refractivity contribution in [3.05, 3.63) is 28.5 Å². The highest BCUT2D eigenvalue weighted by Crippen LogP contribution is 2.09. The van der Waals surface area contributed by atoms with Crippen LogP contribution in [0, 0.1) is 0 Å². The number of hydrogen-bond acceptors (Lipinski definition) is 2. The summed E-state index contributed by atoms with van der Waals surface area (Å²) in [6.45, 7) is 1.84. The number of aromatic nitrogens is 1. The molecule has 1 heterocycles. The van der Waals surface area contributed by atoms with E-state index in [4.69, 9.17) is 0 Å². The number of carbonyl (C=O) groups excluding carboxylic acids is 1. The summed E-state index contributed by atoms with van der Waals surface area (Å²) in [5.41, 5.74) is 0.717. The normalized spacial score (nSPS) is 8.83. The average molecular weight is 295 g/mol. The molecule has 0 fully saturated rings. The van der Waals surface area contributed by atoms with Crippen molar-refractivity contribution in [2.24, 2.45) is 0 Å². The Hall–Kier alpha value is -0.220. The van der Waals surface area contributed by atoms with Crippen molar-refractivity contribution in [1.29, 1.82) is 0 Å². The number of ketones is 1. The predicted octanol–water partition coefficient (Wildman–Crippen LogP) is 3.01. The van der Waals surface area contributed by atoms with Crippen LogP contribution in [0.2, 0.25) is 0 Å². The predicted molar refractivity (Wildman–Crippen MR) is 56.9 cm³/mol. The molecule has 12 heavy (non-hydrogen) atoms. The molecule has 0 spiro atoms. The van der Waals surface area contributed by atoms with Crippen molar-refractivity contribution < 1.29 is 4.79 Å². The first-order valence-corrected chi connectivity index (χ1v) is 4.18. The van der Waals surface area contributed by atoms with Gasteiger partial charge in [-0.05, 0) is 28.1 Å². The number of carbonyl (C=O) groups is 1. The SMILES string of the molecule is Br.CCC(=O)c1ccnc(Br)c1. The van der Waals surface area contributed by atoms with Crippen LogP contribution in [0.15, 0.2) is 22.9 Å². The van der Waals surface area contributed by atoms with E-state index in [0.29, 0.717) is 11.0 Å². The first kappa shape index (κ1) is 11.8. The fourth-order valence-corrected chi connectivity index (χ4v) is 1.14. The Morgan fingerprint density at radius 1 is 1.67 bits per heavy atom. The van der Waals surface area contributed by atoms with Gasteiger partial charge in [0.05, 0.1) is 0 Å². The van der Waals surface area contributed by atoms with Crippen molar-refractivity contribution >= 4 is 38.7 Å². The number of Topliss-reactive ketones (excluding diaryl/α,β-unsaturated/α-hetero) is 1. The van der Waals surface area contributed by atoms with E-state index in [2.05, 4.69) is 20.9 Å². The highest BCUT2D eigenvalue weighted by atomic mass is 79.9. The van der Waals surface area contributed by atoms with Gasteiger partial charge >= 0.3 is 0 Å². The van der Waals surface area contributed by atoms with Crippen LogP contribution in [-0.2, 0) is 0 Å². The molecule has 0 atom stereocenters. The molecule has 0 aromatic carbocycles.